The van der Waals surface area contributed by atoms with Crippen LogP contribution in [0.25, 0.3) is 0 Å². The number of aromatic hydroxyl groups is 1. The van der Waals surface area contributed by atoms with Crippen LogP contribution in [-0.4, -0.2) is 22.3 Å². The fourth-order valence-electron chi connectivity index (χ4n) is 3.09. The normalized spacial score (nSPS) is 13.0. The first-order valence-corrected chi connectivity index (χ1v) is 7.94. The van der Waals surface area contributed by atoms with Crippen molar-refractivity contribution in [1.29, 1.82) is 0 Å². The van der Waals surface area contributed by atoms with Crippen LogP contribution in [-0.2, 0) is 17.9 Å². The molecule has 2 amide bonds. The Morgan fingerprint density at radius 2 is 1.83 bits per heavy atom. The van der Waals surface area contributed by atoms with Crippen molar-refractivity contribution in [1.82, 2.24) is 4.90 Å². The maximum Gasteiger partial charge on any atom is 0.258 e. The van der Waals surface area contributed by atoms with Gasteiger partial charge in [0.05, 0.1) is 5.56 Å². The highest BCUT2D eigenvalue weighted by atomic mass is 16.3. The second-order valence-electron chi connectivity index (χ2n) is 6.30. The number of nitrogens with zero attached hydrogens (tertiary/aromatic N) is 1. The Bertz CT molecular complexity index is 774. The minimum Gasteiger partial charge on any atom is -0.507 e. The number of carbonyl (C=O) groups is 2. The Balaban J connectivity index is 1.93. The van der Waals surface area contributed by atoms with E-state index >= 15 is 0 Å². The van der Waals surface area contributed by atoms with E-state index in [0.29, 0.717) is 25.2 Å². The summed E-state index contributed by atoms with van der Waals surface area (Å²) in [5.74, 6) is -0.219. The van der Waals surface area contributed by atoms with Crippen molar-refractivity contribution in [2.24, 2.45) is 0 Å². The predicted octanol–water partition coefficient (Wildman–Crippen LogP) is 3.24. The third kappa shape index (κ3) is 2.85. The summed E-state index contributed by atoms with van der Waals surface area (Å²) < 4.78 is 0. The van der Waals surface area contributed by atoms with Gasteiger partial charge in [-0.3, -0.25) is 9.59 Å². The Morgan fingerprint density at radius 3 is 2.38 bits per heavy atom. The number of hydrogen-bond donors (Lipinski definition) is 2. The zero-order chi connectivity index (χ0) is 17.3. The second-order valence-corrected chi connectivity index (χ2v) is 6.30. The molecule has 0 aromatic heterocycles. The number of hydrogen-bond acceptors (Lipinski definition) is 3. The fourth-order valence-corrected chi connectivity index (χ4v) is 3.09. The maximum atomic E-state index is 12.9. The molecule has 2 N–H and O–H groups in total. The molecule has 0 radical (unpaired) electrons. The lowest BCUT2D eigenvalue weighted by Gasteiger charge is -2.19. The zero-order valence-corrected chi connectivity index (χ0v) is 13.7. The van der Waals surface area contributed by atoms with Crippen molar-refractivity contribution >= 4 is 18.0 Å². The smallest absolute Gasteiger partial charge is 0.258 e. The molecule has 2 aromatic rings. The van der Waals surface area contributed by atoms with Crippen molar-refractivity contribution in [3.63, 3.8) is 0 Å². The van der Waals surface area contributed by atoms with E-state index in [9.17, 15) is 14.7 Å². The number of benzene rings is 2. The van der Waals surface area contributed by atoms with E-state index in [1.807, 2.05) is 38.1 Å². The van der Waals surface area contributed by atoms with Crippen LogP contribution >= 0.6 is 0 Å². The summed E-state index contributed by atoms with van der Waals surface area (Å²) in [4.78, 5) is 25.3. The lowest BCUT2D eigenvalue weighted by molar-refractivity contribution is -0.105. The highest BCUT2D eigenvalue weighted by Gasteiger charge is 2.26. The average molecular weight is 324 g/mol. The number of anilines is 1. The zero-order valence-electron chi connectivity index (χ0n) is 13.7. The molecule has 0 unspecified atom stereocenters. The number of amides is 2. The molecule has 1 aliphatic heterocycles. The molecule has 5 nitrogen and oxygen atoms in total. The van der Waals surface area contributed by atoms with Gasteiger partial charge in [-0.25, -0.2) is 0 Å². The van der Waals surface area contributed by atoms with Crippen LogP contribution in [0.5, 0.6) is 5.75 Å². The van der Waals surface area contributed by atoms with E-state index in [-0.39, 0.29) is 23.1 Å². The minimum atomic E-state index is -0.205. The van der Waals surface area contributed by atoms with Crippen molar-refractivity contribution in [3.05, 3.63) is 58.7 Å². The molecular formula is C19H20N2O3. The number of phenolic OH excluding ortho intramolecular Hbond substituents is 1. The van der Waals surface area contributed by atoms with Crippen LogP contribution in [0.15, 0.2) is 36.4 Å². The highest BCUT2D eigenvalue weighted by molar-refractivity contribution is 5.98. The van der Waals surface area contributed by atoms with Gasteiger partial charge in [0.25, 0.3) is 5.91 Å². The van der Waals surface area contributed by atoms with Crippen LogP contribution in [0.3, 0.4) is 0 Å². The van der Waals surface area contributed by atoms with Crippen LogP contribution in [0.1, 0.15) is 46.8 Å². The van der Waals surface area contributed by atoms with E-state index in [1.165, 1.54) is 6.07 Å². The third-order valence-electron chi connectivity index (χ3n) is 4.36. The van der Waals surface area contributed by atoms with Crippen LogP contribution in [0, 0.1) is 0 Å². The standard InChI is InChI=1S/C19H20N2O3/c1-12(2)15-7-16(18(23)8-17(15)20-11-22)19(24)21-9-13-5-3-4-6-14(13)10-21/h3-8,11-12,23H,9-10H2,1-2H3,(H,20,22). The molecule has 0 saturated carbocycles. The summed E-state index contributed by atoms with van der Waals surface area (Å²) in [6, 6.07) is 11.1. The number of nitrogens with one attached hydrogen (secondary N) is 1. The summed E-state index contributed by atoms with van der Waals surface area (Å²) in [7, 11) is 0. The summed E-state index contributed by atoms with van der Waals surface area (Å²) >= 11 is 0. The molecule has 2 aromatic carbocycles. The van der Waals surface area contributed by atoms with E-state index < -0.39 is 0 Å². The van der Waals surface area contributed by atoms with Crippen molar-refractivity contribution in [2.75, 3.05) is 5.32 Å². The van der Waals surface area contributed by atoms with Gasteiger partial charge >= 0.3 is 0 Å². The third-order valence-corrected chi connectivity index (χ3v) is 4.36. The summed E-state index contributed by atoms with van der Waals surface area (Å²) in [6.45, 7) is 5.03. The Hall–Kier alpha value is -2.82. The number of rotatable bonds is 4. The van der Waals surface area contributed by atoms with Crippen molar-refractivity contribution < 1.29 is 14.7 Å². The van der Waals surface area contributed by atoms with Crippen molar-refractivity contribution in [2.45, 2.75) is 32.9 Å². The number of carbonyl (C=O) groups excluding carboxylic acids is 2. The molecular weight excluding hydrogens is 304 g/mol. The van der Waals surface area contributed by atoms with Gasteiger partial charge in [-0.05, 0) is 28.7 Å². The van der Waals surface area contributed by atoms with E-state index in [4.69, 9.17) is 0 Å². The molecule has 0 bridgehead atoms. The molecule has 0 saturated heterocycles. The fraction of sp³-hybridized carbons (Fsp3) is 0.263. The topological polar surface area (TPSA) is 69.6 Å². The van der Waals surface area contributed by atoms with Gasteiger partial charge < -0.3 is 15.3 Å². The summed E-state index contributed by atoms with van der Waals surface area (Å²) in [6.07, 6.45) is 0.569. The SMILES string of the molecule is CC(C)c1cc(C(=O)N2Cc3ccccc3C2)c(O)cc1NC=O. The van der Waals surface area contributed by atoms with Gasteiger partial charge in [-0.2, -0.15) is 0 Å². The van der Waals surface area contributed by atoms with Crippen LogP contribution in [0.4, 0.5) is 5.69 Å². The number of fused-ring (bicyclic) bond motifs is 1. The largest absolute Gasteiger partial charge is 0.507 e. The molecule has 0 atom stereocenters. The van der Waals surface area contributed by atoms with Crippen LogP contribution in [0.2, 0.25) is 0 Å². The summed E-state index contributed by atoms with van der Waals surface area (Å²) in [5.41, 5.74) is 3.88. The predicted molar refractivity (Wildman–Crippen MR) is 91.9 cm³/mol. The molecule has 5 heteroatoms. The van der Waals surface area contributed by atoms with Crippen LogP contribution < -0.4 is 5.32 Å². The van der Waals surface area contributed by atoms with E-state index in [2.05, 4.69) is 5.32 Å². The first kappa shape index (κ1) is 16.1. The first-order chi connectivity index (χ1) is 11.5. The quantitative estimate of drug-likeness (QED) is 0.848. The Morgan fingerprint density at radius 1 is 1.21 bits per heavy atom. The highest BCUT2D eigenvalue weighted by Crippen LogP contribution is 2.33. The second kappa shape index (κ2) is 6.35. The molecule has 0 spiro atoms. The molecule has 1 heterocycles. The van der Waals surface area contributed by atoms with Gasteiger partial charge in [0.15, 0.2) is 0 Å². The van der Waals surface area contributed by atoms with Gasteiger partial charge in [0.2, 0.25) is 6.41 Å². The summed E-state index contributed by atoms with van der Waals surface area (Å²) in [5, 5.41) is 12.9. The van der Waals surface area contributed by atoms with E-state index in [1.54, 1.807) is 11.0 Å². The average Bonchev–Trinajstić information content (AvgIpc) is 2.98. The number of phenols is 1. The molecule has 1 aliphatic rings. The first-order valence-electron chi connectivity index (χ1n) is 7.94. The van der Waals surface area contributed by atoms with Gasteiger partial charge in [0.1, 0.15) is 5.75 Å². The molecule has 0 aliphatic carbocycles. The molecule has 3 rings (SSSR count). The monoisotopic (exact) mass is 324 g/mol. The van der Waals surface area contributed by atoms with Crippen molar-refractivity contribution in [3.8, 4) is 5.75 Å². The van der Waals surface area contributed by atoms with Gasteiger partial charge in [0, 0.05) is 24.8 Å². The lowest BCUT2D eigenvalue weighted by atomic mass is 9.97. The minimum absolute atomic E-state index is 0.107. The van der Waals surface area contributed by atoms with Gasteiger partial charge in [-0.1, -0.05) is 38.1 Å². The molecule has 24 heavy (non-hydrogen) atoms. The van der Waals surface area contributed by atoms with E-state index in [0.717, 1.165) is 16.7 Å². The van der Waals surface area contributed by atoms with Gasteiger partial charge in [-0.15, -0.1) is 0 Å². The Kier molecular flexibility index (Phi) is 4.25. The maximum absolute atomic E-state index is 12.9. The molecule has 124 valence electrons. The molecule has 0 fully saturated rings. The Labute approximate surface area is 140 Å². The lowest BCUT2D eigenvalue weighted by Crippen LogP contribution is -2.25.